The molecule has 1 heterocycles. The fraction of sp³-hybridized carbons (Fsp3) is 0.176. The van der Waals surface area contributed by atoms with Crippen LogP contribution in [-0.2, 0) is 4.79 Å². The molecule has 2 aromatic rings. The van der Waals surface area contributed by atoms with Crippen molar-refractivity contribution in [1.29, 1.82) is 0 Å². The summed E-state index contributed by atoms with van der Waals surface area (Å²) >= 11 is 0. The highest BCUT2D eigenvalue weighted by Gasteiger charge is 1.99. The number of aryl methyl sites for hydroxylation is 1. The zero-order valence-corrected chi connectivity index (χ0v) is 12.7. The number of nitrogens with zero attached hydrogens (tertiary/aromatic N) is 1. The summed E-state index contributed by atoms with van der Waals surface area (Å²) in [5.41, 5.74) is 5.26. The van der Waals surface area contributed by atoms with Gasteiger partial charge < -0.3 is 9.73 Å². The number of hydrogen-bond acceptors (Lipinski definition) is 4. The van der Waals surface area contributed by atoms with Crippen molar-refractivity contribution in [1.82, 2.24) is 5.43 Å². The molecule has 0 saturated carbocycles. The smallest absolute Gasteiger partial charge is 0.259 e. The van der Waals surface area contributed by atoms with Crippen LogP contribution in [0.4, 0.5) is 5.69 Å². The van der Waals surface area contributed by atoms with Gasteiger partial charge in [-0.25, -0.2) is 5.43 Å². The van der Waals surface area contributed by atoms with Crippen molar-refractivity contribution in [3.8, 4) is 0 Å². The molecule has 0 aliphatic rings. The third kappa shape index (κ3) is 5.28. The molecule has 1 aromatic carbocycles. The number of furan rings is 1. The number of nitrogens with one attached hydrogen (secondary N) is 2. The quantitative estimate of drug-likeness (QED) is 0.635. The number of anilines is 1. The Bertz CT molecular complexity index is 656. The Morgan fingerprint density at radius 1 is 1.27 bits per heavy atom. The number of hydrogen-bond donors (Lipinski definition) is 2. The molecular weight excluding hydrogens is 278 g/mol. The van der Waals surface area contributed by atoms with Crippen molar-refractivity contribution < 1.29 is 9.21 Å². The predicted molar refractivity (Wildman–Crippen MR) is 88.7 cm³/mol. The van der Waals surface area contributed by atoms with Gasteiger partial charge in [0.1, 0.15) is 5.76 Å². The number of benzene rings is 1. The second-order valence-electron chi connectivity index (χ2n) is 4.86. The van der Waals surface area contributed by atoms with Crippen molar-refractivity contribution in [3.05, 3.63) is 60.1 Å². The first-order valence-electron chi connectivity index (χ1n) is 6.99. The lowest BCUT2D eigenvalue weighted by atomic mass is 10.2. The van der Waals surface area contributed by atoms with E-state index in [1.165, 1.54) is 5.56 Å². The summed E-state index contributed by atoms with van der Waals surface area (Å²) in [4.78, 5) is 11.7. The molecule has 0 aliphatic heterocycles. The van der Waals surface area contributed by atoms with Crippen molar-refractivity contribution >= 4 is 23.4 Å². The van der Waals surface area contributed by atoms with E-state index in [0.717, 1.165) is 11.4 Å². The van der Waals surface area contributed by atoms with E-state index in [1.54, 1.807) is 25.3 Å². The predicted octanol–water partition coefficient (Wildman–Crippen LogP) is 3.21. The molecule has 0 bridgehead atoms. The largest absolute Gasteiger partial charge is 0.465 e. The van der Waals surface area contributed by atoms with Crippen LogP contribution in [0, 0.1) is 6.92 Å². The molecule has 0 radical (unpaired) electrons. The molecule has 0 spiro atoms. The summed E-state index contributed by atoms with van der Waals surface area (Å²) in [5, 5.41) is 7.03. The molecule has 2 rings (SSSR count). The van der Waals surface area contributed by atoms with Crippen LogP contribution >= 0.6 is 0 Å². The van der Waals surface area contributed by atoms with Gasteiger partial charge in [-0.3, -0.25) is 4.79 Å². The average Bonchev–Trinajstić information content (AvgIpc) is 3.04. The van der Waals surface area contributed by atoms with E-state index in [4.69, 9.17) is 4.42 Å². The number of allylic oxidation sites excluding steroid dienone is 1. The Kier molecular flexibility index (Phi) is 5.54. The van der Waals surface area contributed by atoms with Crippen LogP contribution in [0.1, 0.15) is 18.2 Å². The van der Waals surface area contributed by atoms with Gasteiger partial charge in [0.05, 0.1) is 18.5 Å². The van der Waals surface area contributed by atoms with Crippen LogP contribution in [0.5, 0.6) is 0 Å². The molecule has 5 nitrogen and oxygen atoms in total. The maximum absolute atomic E-state index is 11.7. The zero-order valence-electron chi connectivity index (χ0n) is 12.7. The van der Waals surface area contributed by atoms with Crippen LogP contribution in [0.3, 0.4) is 0 Å². The summed E-state index contributed by atoms with van der Waals surface area (Å²) in [5.74, 6) is 0.535. The first-order chi connectivity index (χ1) is 10.6. The van der Waals surface area contributed by atoms with Gasteiger partial charge >= 0.3 is 0 Å². The monoisotopic (exact) mass is 297 g/mol. The van der Waals surface area contributed by atoms with E-state index in [-0.39, 0.29) is 12.5 Å². The molecule has 2 N–H and O–H groups in total. The molecule has 1 amide bonds. The van der Waals surface area contributed by atoms with Gasteiger partial charge in [-0.1, -0.05) is 17.7 Å². The normalized spacial score (nSPS) is 11.6. The topological polar surface area (TPSA) is 66.6 Å². The molecule has 0 unspecified atom stereocenters. The van der Waals surface area contributed by atoms with Crippen LogP contribution in [0.15, 0.2) is 58.3 Å². The molecule has 0 atom stereocenters. The minimum absolute atomic E-state index is 0.168. The summed E-state index contributed by atoms with van der Waals surface area (Å²) in [6.07, 6.45) is 5.16. The van der Waals surface area contributed by atoms with E-state index in [2.05, 4.69) is 15.8 Å². The summed E-state index contributed by atoms with van der Waals surface area (Å²) in [6, 6.07) is 11.5. The second-order valence-corrected chi connectivity index (χ2v) is 4.86. The fourth-order valence-corrected chi connectivity index (χ4v) is 1.67. The molecule has 0 saturated heterocycles. The minimum atomic E-state index is -0.202. The van der Waals surface area contributed by atoms with E-state index < -0.39 is 0 Å². The van der Waals surface area contributed by atoms with Gasteiger partial charge in [0.2, 0.25) is 0 Å². The van der Waals surface area contributed by atoms with Crippen molar-refractivity contribution in [2.45, 2.75) is 13.8 Å². The third-order valence-corrected chi connectivity index (χ3v) is 2.89. The highest BCUT2D eigenvalue weighted by molar-refractivity contribution is 5.96. The molecule has 22 heavy (non-hydrogen) atoms. The van der Waals surface area contributed by atoms with Crippen LogP contribution in [-0.4, -0.2) is 18.2 Å². The first kappa shape index (κ1) is 15.6. The maximum atomic E-state index is 11.7. The Morgan fingerprint density at radius 3 is 2.73 bits per heavy atom. The minimum Gasteiger partial charge on any atom is -0.465 e. The van der Waals surface area contributed by atoms with E-state index in [9.17, 15) is 4.79 Å². The number of carbonyl (C=O) groups excluding carboxylic acids is 1. The molecular formula is C17H19N3O2. The lowest BCUT2D eigenvalue weighted by Crippen LogP contribution is -2.26. The molecule has 0 aliphatic carbocycles. The van der Waals surface area contributed by atoms with E-state index in [0.29, 0.717) is 5.71 Å². The number of hydrazone groups is 1. The van der Waals surface area contributed by atoms with Crippen molar-refractivity contribution in [2.24, 2.45) is 5.10 Å². The van der Waals surface area contributed by atoms with Crippen LogP contribution in [0.2, 0.25) is 0 Å². The maximum Gasteiger partial charge on any atom is 0.259 e. The molecule has 1 aromatic heterocycles. The third-order valence-electron chi connectivity index (χ3n) is 2.89. The van der Waals surface area contributed by atoms with Crippen LogP contribution < -0.4 is 10.7 Å². The highest BCUT2D eigenvalue weighted by atomic mass is 16.3. The molecule has 0 fully saturated rings. The number of carbonyl (C=O) groups is 1. The Morgan fingerprint density at radius 2 is 2.05 bits per heavy atom. The number of rotatable bonds is 6. The van der Waals surface area contributed by atoms with Crippen molar-refractivity contribution in [3.63, 3.8) is 0 Å². The first-order valence-corrected chi connectivity index (χ1v) is 6.99. The average molecular weight is 297 g/mol. The highest BCUT2D eigenvalue weighted by Crippen LogP contribution is 2.07. The standard InChI is InChI=1S/C17H19N3O2/c1-13-5-8-15(9-6-13)18-12-17(21)20-19-14(2)7-10-16-4-3-11-22-16/h3-11,18H,12H2,1-2H3,(H,20,21)/b10-7+,19-14+. The zero-order chi connectivity index (χ0) is 15.8. The lowest BCUT2D eigenvalue weighted by Gasteiger charge is -2.05. The second kappa shape index (κ2) is 7.83. The van der Waals surface area contributed by atoms with Gasteiger partial charge in [0, 0.05) is 5.69 Å². The Hall–Kier alpha value is -2.82. The summed E-state index contributed by atoms with van der Waals surface area (Å²) in [7, 11) is 0. The Labute approximate surface area is 129 Å². The van der Waals surface area contributed by atoms with Crippen LogP contribution in [0.25, 0.3) is 6.08 Å². The van der Waals surface area contributed by atoms with Gasteiger partial charge in [-0.15, -0.1) is 0 Å². The molecule has 114 valence electrons. The van der Waals surface area contributed by atoms with Gasteiger partial charge in [-0.05, 0) is 50.3 Å². The Balaban J connectivity index is 1.76. The fourth-order valence-electron chi connectivity index (χ4n) is 1.67. The van der Waals surface area contributed by atoms with E-state index >= 15 is 0 Å². The summed E-state index contributed by atoms with van der Waals surface area (Å²) in [6.45, 7) is 3.99. The van der Waals surface area contributed by atoms with Gasteiger partial charge in [0.25, 0.3) is 5.91 Å². The SMILES string of the molecule is CC(/C=C/c1ccco1)=N\NC(=O)CNc1ccc(C)cc1. The lowest BCUT2D eigenvalue weighted by molar-refractivity contribution is -0.119. The van der Waals surface area contributed by atoms with Gasteiger partial charge in [-0.2, -0.15) is 5.10 Å². The number of amides is 1. The van der Waals surface area contributed by atoms with Gasteiger partial charge in [0.15, 0.2) is 0 Å². The summed E-state index contributed by atoms with van der Waals surface area (Å²) < 4.78 is 5.17. The molecule has 5 heteroatoms. The van der Waals surface area contributed by atoms with E-state index in [1.807, 2.05) is 43.3 Å². The van der Waals surface area contributed by atoms with Crippen molar-refractivity contribution in [2.75, 3.05) is 11.9 Å².